The van der Waals surface area contributed by atoms with Crippen LogP contribution in [0.4, 0.5) is 5.69 Å². The topological polar surface area (TPSA) is 102 Å². The summed E-state index contributed by atoms with van der Waals surface area (Å²) in [7, 11) is -3.91. The molecular weight excluding hydrogens is 392 g/mol. The number of aromatic nitrogens is 2. The van der Waals surface area contributed by atoms with Crippen LogP contribution in [0.5, 0.6) is 5.75 Å². The van der Waals surface area contributed by atoms with E-state index in [9.17, 15) is 13.2 Å². The van der Waals surface area contributed by atoms with Crippen molar-refractivity contribution < 1.29 is 17.9 Å². The highest BCUT2D eigenvalue weighted by atomic mass is 32.2. The molecule has 0 saturated heterocycles. The first-order chi connectivity index (χ1) is 13.9. The van der Waals surface area contributed by atoms with E-state index in [4.69, 9.17) is 4.74 Å². The maximum atomic E-state index is 13.0. The lowest BCUT2D eigenvalue weighted by atomic mass is 10.3. The van der Waals surface area contributed by atoms with Gasteiger partial charge in [0.25, 0.3) is 0 Å². The molecule has 0 aliphatic heterocycles. The molecule has 0 aliphatic rings. The van der Waals surface area contributed by atoms with Crippen LogP contribution in [-0.4, -0.2) is 30.5 Å². The summed E-state index contributed by atoms with van der Waals surface area (Å²) in [6.07, 6.45) is 0. The molecule has 3 rings (SSSR count). The van der Waals surface area contributed by atoms with E-state index in [1.165, 1.54) is 19.1 Å². The normalized spacial score (nSPS) is 11.6. The van der Waals surface area contributed by atoms with Crippen LogP contribution in [0, 0.1) is 0 Å². The predicted octanol–water partition coefficient (Wildman–Crippen LogP) is 2.89. The Balaban J connectivity index is 1.92. The third-order valence-corrected chi connectivity index (χ3v) is 5.75. The number of carbonyl (C=O) groups excluding carboxylic acids is 1. The summed E-state index contributed by atoms with van der Waals surface area (Å²) >= 11 is 0. The Hall–Kier alpha value is -2.91. The van der Waals surface area contributed by atoms with E-state index in [1.54, 1.807) is 13.0 Å². The summed E-state index contributed by atoms with van der Waals surface area (Å²) in [4.78, 5) is 15.8. The van der Waals surface area contributed by atoms with E-state index < -0.39 is 10.0 Å². The van der Waals surface area contributed by atoms with Gasteiger partial charge >= 0.3 is 0 Å². The number of amides is 1. The Labute approximate surface area is 169 Å². The summed E-state index contributed by atoms with van der Waals surface area (Å²) < 4.78 is 36.1. The quantitative estimate of drug-likeness (QED) is 0.588. The zero-order chi connectivity index (χ0) is 21.0. The fourth-order valence-electron chi connectivity index (χ4n) is 3.12. The van der Waals surface area contributed by atoms with Gasteiger partial charge in [-0.15, -0.1) is 0 Å². The summed E-state index contributed by atoms with van der Waals surface area (Å²) in [6.45, 7) is 6.12. The molecule has 1 heterocycles. The van der Waals surface area contributed by atoms with Crippen LogP contribution in [0.2, 0.25) is 0 Å². The van der Waals surface area contributed by atoms with Crippen molar-refractivity contribution in [3.63, 3.8) is 0 Å². The van der Waals surface area contributed by atoms with Crippen LogP contribution < -0.4 is 14.8 Å². The van der Waals surface area contributed by atoms with E-state index >= 15 is 0 Å². The number of aryl methyl sites for hydroxylation is 1. The van der Waals surface area contributed by atoms with Gasteiger partial charge in [0.15, 0.2) is 0 Å². The molecule has 0 fully saturated rings. The number of rotatable bonds is 8. The number of hydrogen-bond acceptors (Lipinski definition) is 5. The number of ether oxygens (including phenoxy) is 1. The van der Waals surface area contributed by atoms with Crippen LogP contribution in [-0.2, 0) is 27.9 Å². The average Bonchev–Trinajstić information content (AvgIpc) is 3.05. The van der Waals surface area contributed by atoms with Crippen LogP contribution in [0.1, 0.15) is 26.6 Å². The zero-order valence-electron chi connectivity index (χ0n) is 16.6. The number of carbonyl (C=O) groups is 1. The molecule has 0 unspecified atom stereocenters. The van der Waals surface area contributed by atoms with Crippen LogP contribution in [0.25, 0.3) is 11.0 Å². The van der Waals surface area contributed by atoms with Crippen molar-refractivity contribution >= 4 is 32.7 Å². The van der Waals surface area contributed by atoms with Crippen molar-refractivity contribution in [1.29, 1.82) is 0 Å². The highest BCUT2D eigenvalue weighted by molar-refractivity contribution is 7.89. The monoisotopic (exact) mass is 416 g/mol. The number of para-hydroxylation sites is 2. The molecule has 29 heavy (non-hydrogen) atoms. The van der Waals surface area contributed by atoms with Crippen molar-refractivity contribution in [2.24, 2.45) is 0 Å². The molecule has 0 spiro atoms. The van der Waals surface area contributed by atoms with Crippen molar-refractivity contribution in [3.8, 4) is 5.75 Å². The fraction of sp³-hybridized carbons (Fsp3) is 0.300. The molecular formula is C20H24N4O4S. The number of fused-ring (bicyclic) bond motifs is 1. The molecule has 0 saturated carbocycles. The van der Waals surface area contributed by atoms with Crippen LogP contribution >= 0.6 is 0 Å². The highest BCUT2D eigenvalue weighted by Gasteiger charge is 2.22. The molecule has 9 heteroatoms. The molecule has 1 amide bonds. The van der Waals surface area contributed by atoms with Gasteiger partial charge in [-0.2, -0.15) is 0 Å². The van der Waals surface area contributed by atoms with Gasteiger partial charge in [-0.3, -0.25) is 4.79 Å². The van der Waals surface area contributed by atoms with E-state index in [2.05, 4.69) is 15.0 Å². The smallest absolute Gasteiger partial charge is 0.244 e. The lowest BCUT2D eigenvalue weighted by molar-refractivity contribution is -0.114. The Morgan fingerprint density at radius 2 is 1.93 bits per heavy atom. The summed E-state index contributed by atoms with van der Waals surface area (Å²) in [5.41, 5.74) is 2.14. The molecule has 0 bridgehead atoms. The van der Waals surface area contributed by atoms with Crippen molar-refractivity contribution in [1.82, 2.24) is 14.3 Å². The second-order valence-corrected chi connectivity index (χ2v) is 8.10. The average molecular weight is 417 g/mol. The van der Waals surface area contributed by atoms with Gasteiger partial charge in [-0.05, 0) is 44.2 Å². The lowest BCUT2D eigenvalue weighted by Crippen LogP contribution is -2.26. The first-order valence-corrected chi connectivity index (χ1v) is 10.8. The number of sulfonamides is 1. The van der Waals surface area contributed by atoms with Gasteiger partial charge in [0.2, 0.25) is 15.9 Å². The third kappa shape index (κ3) is 4.57. The first-order valence-electron chi connectivity index (χ1n) is 9.34. The van der Waals surface area contributed by atoms with Crippen LogP contribution in [0.15, 0.2) is 47.4 Å². The Kier molecular flexibility index (Phi) is 6.19. The molecule has 2 aromatic carbocycles. The molecule has 0 atom stereocenters. The fourth-order valence-corrected chi connectivity index (χ4v) is 4.27. The van der Waals surface area contributed by atoms with Crippen molar-refractivity contribution in [3.05, 3.63) is 48.3 Å². The van der Waals surface area contributed by atoms with E-state index in [0.29, 0.717) is 24.7 Å². The minimum absolute atomic E-state index is 0.0286. The summed E-state index contributed by atoms with van der Waals surface area (Å²) in [5, 5.41) is 2.59. The molecule has 2 N–H and O–H groups in total. The number of nitrogens with zero attached hydrogens (tertiary/aromatic N) is 2. The number of nitrogens with one attached hydrogen (secondary N) is 2. The van der Waals surface area contributed by atoms with Crippen molar-refractivity contribution in [2.75, 3.05) is 11.9 Å². The van der Waals surface area contributed by atoms with Crippen LogP contribution in [0.3, 0.4) is 0 Å². The largest absolute Gasteiger partial charge is 0.492 e. The first kappa shape index (κ1) is 20.8. The molecule has 154 valence electrons. The molecule has 1 aromatic heterocycles. The summed E-state index contributed by atoms with van der Waals surface area (Å²) in [6, 6.07) is 12.2. The molecule has 8 nitrogen and oxygen atoms in total. The van der Waals surface area contributed by atoms with E-state index in [1.807, 2.05) is 35.8 Å². The molecule has 3 aromatic rings. The third-order valence-electron chi connectivity index (χ3n) is 4.32. The second-order valence-electron chi connectivity index (χ2n) is 6.36. The second kappa shape index (κ2) is 8.62. The lowest BCUT2D eigenvalue weighted by Gasteiger charge is -2.14. The maximum absolute atomic E-state index is 13.0. The maximum Gasteiger partial charge on any atom is 0.244 e. The minimum Gasteiger partial charge on any atom is -0.492 e. The summed E-state index contributed by atoms with van der Waals surface area (Å²) in [5.74, 6) is 0.550. The number of benzene rings is 2. The SMILES string of the molecule is CCOc1ccc(NC(C)=O)cc1S(=O)(=O)NCc1nc2ccccc2n1CC. The van der Waals surface area contributed by atoms with Gasteiger partial charge in [-0.1, -0.05) is 12.1 Å². The minimum atomic E-state index is -3.91. The van der Waals surface area contributed by atoms with E-state index in [0.717, 1.165) is 11.0 Å². The highest BCUT2D eigenvalue weighted by Crippen LogP contribution is 2.28. The van der Waals surface area contributed by atoms with Gasteiger partial charge in [0.05, 0.1) is 24.2 Å². The van der Waals surface area contributed by atoms with Gasteiger partial charge in [0.1, 0.15) is 16.5 Å². The van der Waals surface area contributed by atoms with E-state index in [-0.39, 0.29) is 23.1 Å². The zero-order valence-corrected chi connectivity index (χ0v) is 17.4. The Morgan fingerprint density at radius 3 is 2.62 bits per heavy atom. The van der Waals surface area contributed by atoms with Gasteiger partial charge in [-0.25, -0.2) is 18.1 Å². The Bertz CT molecular complexity index is 1140. The van der Waals surface area contributed by atoms with Crippen molar-refractivity contribution in [2.45, 2.75) is 38.8 Å². The van der Waals surface area contributed by atoms with Gasteiger partial charge in [0, 0.05) is 19.2 Å². The predicted molar refractivity (Wildman–Crippen MR) is 111 cm³/mol. The Morgan fingerprint density at radius 1 is 1.17 bits per heavy atom. The standard InChI is InChI=1S/C20H24N4O4S/c1-4-24-17-9-7-6-8-16(17)23-20(24)13-21-29(26,27)19-12-15(22-14(3)25)10-11-18(19)28-5-2/h6-12,21H,4-5,13H2,1-3H3,(H,22,25). The number of imidazole rings is 1. The number of hydrogen-bond donors (Lipinski definition) is 2. The molecule has 0 radical (unpaired) electrons. The molecule has 0 aliphatic carbocycles. The van der Waals surface area contributed by atoms with Gasteiger partial charge < -0.3 is 14.6 Å². The number of anilines is 1.